The van der Waals surface area contributed by atoms with Crippen molar-refractivity contribution in [2.75, 3.05) is 6.54 Å². The zero-order valence-electron chi connectivity index (χ0n) is 14.9. The minimum Gasteiger partial charge on any atom is -0.477 e. The molecule has 0 saturated carbocycles. The summed E-state index contributed by atoms with van der Waals surface area (Å²) in [4.78, 5) is 25.9. The van der Waals surface area contributed by atoms with Gasteiger partial charge in [0.1, 0.15) is 12.2 Å². The fourth-order valence-corrected chi connectivity index (χ4v) is 2.81. The molecule has 0 radical (unpaired) electrons. The molecule has 1 amide bonds. The number of hydrogen-bond donors (Lipinski definition) is 6. The van der Waals surface area contributed by atoms with Gasteiger partial charge in [-0.25, -0.2) is 4.79 Å². The lowest BCUT2D eigenvalue weighted by molar-refractivity contribution is -0.294. The SMILES string of the molecule is CC1(CCC(=O)N[C@@H]2[C@@H]([C@@H](O)[C@@H](O)CN=[N+]=[N-])O[C@](O)(C(=O)O)C[C@H]2O)N=N1. The Kier molecular flexibility index (Phi) is 6.54. The van der Waals surface area contributed by atoms with E-state index in [1.54, 1.807) is 6.92 Å². The molecular weight excluding hydrogens is 380 g/mol. The third-order valence-electron chi connectivity index (χ3n) is 4.58. The standard InChI is InChI=1S/C14H22N6O8/c1-13(18-19-13)3-2-8(23)17-9-6(21)4-14(27,12(25)26)28-11(9)10(24)7(22)5-16-20-15/h6-7,9-11,21-22,24,27H,2-5H2,1H3,(H,17,23)(H,25,26)/t6-,7+,9+,10+,11+,14+/m1/s1. The summed E-state index contributed by atoms with van der Waals surface area (Å²) in [5.41, 5.74) is 7.68. The van der Waals surface area contributed by atoms with Crippen LogP contribution in [0.5, 0.6) is 0 Å². The van der Waals surface area contributed by atoms with Gasteiger partial charge in [-0.2, -0.15) is 10.2 Å². The van der Waals surface area contributed by atoms with Crippen LogP contribution in [0.3, 0.4) is 0 Å². The second kappa shape index (κ2) is 8.34. The first kappa shape index (κ1) is 21.9. The van der Waals surface area contributed by atoms with Gasteiger partial charge in [-0.05, 0) is 12.5 Å². The van der Waals surface area contributed by atoms with Crippen LogP contribution in [-0.2, 0) is 14.3 Å². The van der Waals surface area contributed by atoms with Crippen LogP contribution in [0.25, 0.3) is 10.4 Å². The summed E-state index contributed by atoms with van der Waals surface area (Å²) in [5, 5.41) is 62.8. The van der Waals surface area contributed by atoms with E-state index in [0.717, 1.165) is 0 Å². The molecule has 14 heteroatoms. The summed E-state index contributed by atoms with van der Waals surface area (Å²) in [6.07, 6.45) is -7.42. The number of aliphatic carboxylic acids is 1. The Morgan fingerprint density at radius 1 is 1.43 bits per heavy atom. The molecular formula is C14H22N6O8. The largest absolute Gasteiger partial charge is 0.477 e. The van der Waals surface area contributed by atoms with Crippen molar-refractivity contribution in [3.63, 3.8) is 0 Å². The Hall–Kier alpha value is -2.35. The number of azide groups is 1. The highest BCUT2D eigenvalue weighted by Gasteiger charge is 2.54. The molecule has 2 aliphatic rings. The number of rotatable bonds is 9. The fraction of sp³-hybridized carbons (Fsp3) is 0.857. The molecule has 156 valence electrons. The quantitative estimate of drug-likeness (QED) is 0.149. The number of aliphatic hydroxyl groups excluding tert-OH is 3. The van der Waals surface area contributed by atoms with Crippen LogP contribution in [0.2, 0.25) is 0 Å². The Bertz CT molecular complexity index is 691. The number of carboxylic acids is 1. The summed E-state index contributed by atoms with van der Waals surface area (Å²) in [5.74, 6) is -5.22. The average Bonchev–Trinajstić information content (AvgIpc) is 3.37. The van der Waals surface area contributed by atoms with E-state index in [9.17, 15) is 30.0 Å². The number of ether oxygens (including phenoxy) is 1. The van der Waals surface area contributed by atoms with Crippen molar-refractivity contribution in [3.8, 4) is 0 Å². The van der Waals surface area contributed by atoms with E-state index in [0.29, 0.717) is 6.42 Å². The normalized spacial score (nSPS) is 32.7. The third-order valence-corrected chi connectivity index (χ3v) is 4.58. The number of carbonyl (C=O) groups is 2. The van der Waals surface area contributed by atoms with Gasteiger partial charge in [0.15, 0.2) is 5.66 Å². The van der Waals surface area contributed by atoms with Crippen LogP contribution in [0.15, 0.2) is 15.3 Å². The molecule has 2 heterocycles. The minimum atomic E-state index is -2.84. The Morgan fingerprint density at radius 2 is 2.07 bits per heavy atom. The molecule has 0 aromatic rings. The first-order valence-electron chi connectivity index (χ1n) is 8.43. The molecule has 1 saturated heterocycles. The molecule has 6 N–H and O–H groups in total. The Morgan fingerprint density at radius 3 is 2.61 bits per heavy atom. The summed E-state index contributed by atoms with van der Waals surface area (Å²) < 4.78 is 5.04. The third kappa shape index (κ3) is 5.13. The summed E-state index contributed by atoms with van der Waals surface area (Å²) in [7, 11) is 0. The van der Waals surface area contributed by atoms with Gasteiger partial charge in [0, 0.05) is 24.2 Å². The van der Waals surface area contributed by atoms with Gasteiger partial charge in [-0.1, -0.05) is 5.11 Å². The molecule has 0 spiro atoms. The number of amides is 1. The van der Waals surface area contributed by atoms with E-state index in [2.05, 4.69) is 25.6 Å². The lowest BCUT2D eigenvalue weighted by atomic mass is 9.88. The van der Waals surface area contributed by atoms with Crippen LogP contribution < -0.4 is 5.32 Å². The number of nitrogens with one attached hydrogen (secondary N) is 1. The second-order valence-electron chi connectivity index (χ2n) is 6.93. The number of hydrogen-bond acceptors (Lipinski definition) is 10. The summed E-state index contributed by atoms with van der Waals surface area (Å²) in [6, 6.07) is -1.34. The number of nitrogens with zero attached hydrogens (tertiary/aromatic N) is 5. The van der Waals surface area contributed by atoms with Crippen molar-refractivity contribution in [2.45, 2.75) is 68.1 Å². The van der Waals surface area contributed by atoms with E-state index >= 15 is 0 Å². The summed E-state index contributed by atoms with van der Waals surface area (Å²) >= 11 is 0. The van der Waals surface area contributed by atoms with E-state index < -0.39 is 66.7 Å². The molecule has 14 nitrogen and oxygen atoms in total. The van der Waals surface area contributed by atoms with Crippen LogP contribution in [0, 0.1) is 0 Å². The van der Waals surface area contributed by atoms with Crippen LogP contribution >= 0.6 is 0 Å². The van der Waals surface area contributed by atoms with Gasteiger partial charge in [-0.3, -0.25) is 4.79 Å². The first-order valence-corrected chi connectivity index (χ1v) is 8.43. The molecule has 0 bridgehead atoms. The number of carbonyl (C=O) groups excluding carboxylic acids is 1. The molecule has 2 rings (SSSR count). The van der Waals surface area contributed by atoms with Crippen LogP contribution in [0.1, 0.15) is 26.2 Å². The second-order valence-corrected chi connectivity index (χ2v) is 6.93. The molecule has 6 atom stereocenters. The molecule has 0 unspecified atom stereocenters. The smallest absolute Gasteiger partial charge is 0.364 e. The molecule has 0 aliphatic carbocycles. The maximum atomic E-state index is 12.2. The van der Waals surface area contributed by atoms with Crippen molar-refractivity contribution in [1.82, 2.24) is 5.32 Å². The van der Waals surface area contributed by atoms with Gasteiger partial charge in [0.25, 0.3) is 5.79 Å². The van der Waals surface area contributed by atoms with Gasteiger partial charge in [0.2, 0.25) is 5.91 Å². The van der Waals surface area contributed by atoms with Crippen molar-refractivity contribution in [2.24, 2.45) is 15.3 Å². The van der Waals surface area contributed by atoms with E-state index in [1.165, 1.54) is 0 Å². The number of carboxylic acid groups (broad SMARTS) is 1. The predicted octanol–water partition coefficient (Wildman–Crippen LogP) is -1.61. The number of aliphatic hydroxyl groups is 4. The monoisotopic (exact) mass is 402 g/mol. The fourth-order valence-electron chi connectivity index (χ4n) is 2.81. The van der Waals surface area contributed by atoms with Gasteiger partial charge in [-0.15, -0.1) is 0 Å². The molecule has 0 aromatic carbocycles. The van der Waals surface area contributed by atoms with Crippen molar-refractivity contribution >= 4 is 11.9 Å². The maximum Gasteiger partial charge on any atom is 0.364 e. The van der Waals surface area contributed by atoms with E-state index in [1.807, 2.05) is 0 Å². The lowest BCUT2D eigenvalue weighted by Crippen LogP contribution is -2.67. The molecule has 0 aromatic heterocycles. The Labute approximate surface area is 158 Å². The highest BCUT2D eigenvalue weighted by atomic mass is 16.7. The molecule has 2 aliphatic heterocycles. The molecule has 28 heavy (non-hydrogen) atoms. The topological polar surface area (TPSA) is 230 Å². The van der Waals surface area contributed by atoms with Gasteiger partial charge in [0.05, 0.1) is 24.8 Å². The minimum absolute atomic E-state index is 0.0278. The zero-order chi connectivity index (χ0) is 21.1. The Balaban J connectivity index is 2.14. The van der Waals surface area contributed by atoms with Crippen molar-refractivity contribution < 1.29 is 39.9 Å². The van der Waals surface area contributed by atoms with Crippen molar-refractivity contribution in [1.29, 1.82) is 0 Å². The van der Waals surface area contributed by atoms with Gasteiger partial charge >= 0.3 is 5.97 Å². The molecule has 1 fully saturated rings. The van der Waals surface area contributed by atoms with Crippen molar-refractivity contribution in [3.05, 3.63) is 10.4 Å². The first-order chi connectivity index (χ1) is 13.0. The van der Waals surface area contributed by atoms with Crippen LogP contribution in [0.4, 0.5) is 0 Å². The highest BCUT2D eigenvalue weighted by molar-refractivity contribution is 5.77. The van der Waals surface area contributed by atoms with Gasteiger partial charge < -0.3 is 35.6 Å². The summed E-state index contributed by atoms with van der Waals surface area (Å²) in [6.45, 7) is 1.13. The maximum absolute atomic E-state index is 12.2. The van der Waals surface area contributed by atoms with Crippen LogP contribution in [-0.4, -0.2) is 85.9 Å². The average molecular weight is 402 g/mol. The van der Waals surface area contributed by atoms with E-state index in [-0.39, 0.29) is 6.42 Å². The lowest BCUT2D eigenvalue weighted by Gasteiger charge is -2.44. The highest BCUT2D eigenvalue weighted by Crippen LogP contribution is 2.33. The van der Waals surface area contributed by atoms with E-state index in [4.69, 9.17) is 15.4 Å². The predicted molar refractivity (Wildman–Crippen MR) is 88.5 cm³/mol. The zero-order valence-corrected chi connectivity index (χ0v) is 14.9.